The Morgan fingerprint density at radius 2 is 0.604 bits per heavy atom. The van der Waals surface area contributed by atoms with Gasteiger partial charge in [-0.1, -0.05) is 188 Å². The van der Waals surface area contributed by atoms with E-state index in [1.807, 2.05) is 0 Å². The van der Waals surface area contributed by atoms with Gasteiger partial charge in [-0.25, -0.2) is 0 Å². The summed E-state index contributed by atoms with van der Waals surface area (Å²) in [7, 11) is 0. The van der Waals surface area contributed by atoms with Crippen LogP contribution in [0.5, 0.6) is 0 Å². The van der Waals surface area contributed by atoms with Crippen molar-refractivity contribution in [1.82, 2.24) is 0 Å². The van der Waals surface area contributed by atoms with E-state index in [1.54, 1.807) is 0 Å². The number of hydrogen-bond acceptors (Lipinski definition) is 3. The molecule has 0 heterocycles. The average molecular weight is 681 g/mol. The summed E-state index contributed by atoms with van der Waals surface area (Å²) in [6.45, 7) is 15.7. The van der Waals surface area contributed by atoms with Crippen LogP contribution in [0.2, 0.25) is 0 Å². The van der Waals surface area contributed by atoms with Crippen LogP contribution in [-0.4, -0.2) is 43.2 Å². The van der Waals surface area contributed by atoms with Gasteiger partial charge in [-0.3, -0.25) is 0 Å². The monoisotopic (exact) mass is 681 g/mol. The number of carboxylic acid groups (broad SMARTS) is 1. The third kappa shape index (κ3) is 39.8. The first-order valence-electron chi connectivity index (χ1n) is 22.3. The third-order valence-electron chi connectivity index (χ3n) is 10.5. The van der Waals surface area contributed by atoms with Crippen molar-refractivity contribution in [3.63, 3.8) is 0 Å². The largest absolute Gasteiger partial charge is 0.550 e. The van der Waals surface area contributed by atoms with Crippen molar-refractivity contribution in [2.75, 3.05) is 32.7 Å². The zero-order valence-electron chi connectivity index (χ0n) is 33.9. The Morgan fingerprint density at radius 1 is 0.375 bits per heavy atom. The van der Waals surface area contributed by atoms with Gasteiger partial charge < -0.3 is 20.1 Å². The molecule has 0 rings (SSSR count). The number of aliphatic carboxylic acids is 1. The maximum Gasteiger partial charge on any atom is 0.0786 e. The molecule has 0 saturated carbocycles. The number of rotatable bonds is 39. The Balaban J connectivity index is 0. The molecule has 0 atom stereocenters. The van der Waals surface area contributed by atoms with Crippen molar-refractivity contribution in [3.8, 4) is 0 Å². The van der Waals surface area contributed by atoms with Crippen LogP contribution < -0.4 is 10.8 Å². The van der Waals surface area contributed by atoms with Crippen LogP contribution in [0.25, 0.3) is 0 Å². The van der Waals surface area contributed by atoms with Crippen molar-refractivity contribution in [2.24, 2.45) is 5.73 Å². The second kappa shape index (κ2) is 42.6. The first-order valence-corrected chi connectivity index (χ1v) is 22.3. The van der Waals surface area contributed by atoms with Gasteiger partial charge >= 0.3 is 0 Å². The van der Waals surface area contributed by atoms with Gasteiger partial charge in [0.15, 0.2) is 0 Å². The van der Waals surface area contributed by atoms with Gasteiger partial charge in [-0.2, -0.15) is 0 Å². The summed E-state index contributed by atoms with van der Waals surface area (Å²) in [6, 6.07) is 0. The Bertz CT molecular complexity index is 537. The van der Waals surface area contributed by atoms with Crippen molar-refractivity contribution in [1.29, 1.82) is 0 Å². The van der Waals surface area contributed by atoms with E-state index in [1.165, 1.54) is 236 Å². The summed E-state index contributed by atoms with van der Waals surface area (Å²) in [5.74, 6) is -1.02. The molecule has 0 saturated heterocycles. The zero-order chi connectivity index (χ0) is 35.7. The van der Waals surface area contributed by atoms with E-state index in [4.69, 9.17) is 5.73 Å². The lowest BCUT2D eigenvalue weighted by atomic mass is 10.0. The first kappa shape index (κ1) is 49.5. The molecule has 4 nitrogen and oxygen atoms in total. The van der Waals surface area contributed by atoms with Gasteiger partial charge in [0.2, 0.25) is 0 Å². The van der Waals surface area contributed by atoms with Crippen molar-refractivity contribution in [3.05, 3.63) is 0 Å². The number of quaternary nitrogens is 1. The second-order valence-corrected chi connectivity index (χ2v) is 15.4. The molecule has 0 unspecified atom stereocenters. The van der Waals surface area contributed by atoms with Crippen LogP contribution >= 0.6 is 0 Å². The number of nitrogens with two attached hydrogens (primary N) is 1. The maximum atomic E-state index is 9.59. The van der Waals surface area contributed by atoms with E-state index < -0.39 is 5.97 Å². The lowest BCUT2D eigenvalue weighted by molar-refractivity contribution is -0.929. The molecular formula is C44H92N2O2. The molecule has 0 radical (unpaired) electrons. The minimum Gasteiger partial charge on any atom is -0.550 e. The van der Waals surface area contributed by atoms with Crippen LogP contribution in [0.15, 0.2) is 0 Å². The number of carbonyl (C=O) groups is 1. The van der Waals surface area contributed by atoms with E-state index in [2.05, 4.69) is 27.7 Å². The molecule has 0 aliphatic heterocycles. The number of hydrogen-bond donors (Lipinski definition) is 1. The Kier molecular flexibility index (Phi) is 43.9. The van der Waals surface area contributed by atoms with Crippen LogP contribution in [0.3, 0.4) is 0 Å². The summed E-state index contributed by atoms with van der Waals surface area (Å²) in [4.78, 5) is 9.59. The highest BCUT2D eigenvalue weighted by Gasteiger charge is 2.25. The fourth-order valence-electron chi connectivity index (χ4n) is 7.21. The van der Waals surface area contributed by atoms with Crippen LogP contribution in [0, 0.1) is 0 Å². The van der Waals surface area contributed by atoms with E-state index >= 15 is 0 Å². The van der Waals surface area contributed by atoms with Crippen molar-refractivity contribution in [2.45, 2.75) is 246 Å². The predicted molar refractivity (Wildman–Crippen MR) is 213 cm³/mol. The highest BCUT2D eigenvalue weighted by molar-refractivity contribution is 5.64. The SMILES string of the molecule is CCCCCCCCCCCC[N+](CCCC)(CCCCCCCCCCCC)CCCCCCCCCCCC.NCCCC(=O)[O-]. The topological polar surface area (TPSA) is 66.2 Å². The molecule has 0 aliphatic carbocycles. The second-order valence-electron chi connectivity index (χ2n) is 15.4. The highest BCUT2D eigenvalue weighted by Crippen LogP contribution is 2.21. The minimum atomic E-state index is -1.02. The quantitative estimate of drug-likeness (QED) is 0.0519. The van der Waals surface area contributed by atoms with Crippen LogP contribution in [0.4, 0.5) is 0 Å². The number of carboxylic acids is 1. The number of unbranched alkanes of at least 4 members (excludes halogenated alkanes) is 28. The summed E-state index contributed by atoms with van der Waals surface area (Å²) >= 11 is 0. The van der Waals surface area contributed by atoms with Crippen molar-refractivity contribution >= 4 is 5.97 Å². The number of carbonyl (C=O) groups excluding carboxylic acids is 1. The van der Waals surface area contributed by atoms with E-state index in [0.29, 0.717) is 13.0 Å². The summed E-state index contributed by atoms with van der Waals surface area (Å²) in [5.41, 5.74) is 4.99. The Morgan fingerprint density at radius 3 is 0.812 bits per heavy atom. The van der Waals surface area contributed by atoms with E-state index in [0.717, 1.165) is 0 Å². The van der Waals surface area contributed by atoms with E-state index in [9.17, 15) is 9.90 Å². The smallest absolute Gasteiger partial charge is 0.0786 e. The molecule has 0 aromatic rings. The fourth-order valence-corrected chi connectivity index (χ4v) is 7.21. The lowest BCUT2D eigenvalue weighted by Gasteiger charge is -2.39. The summed E-state index contributed by atoms with van der Waals surface area (Å²) in [6.07, 6.45) is 47.3. The highest BCUT2D eigenvalue weighted by atomic mass is 16.4. The molecule has 2 N–H and O–H groups in total. The first-order chi connectivity index (χ1) is 23.5. The molecule has 4 heteroatoms. The molecule has 290 valence electrons. The molecule has 0 spiro atoms. The maximum absolute atomic E-state index is 9.59. The molecule has 0 fully saturated rings. The van der Waals surface area contributed by atoms with Gasteiger partial charge in [0.05, 0.1) is 26.2 Å². The van der Waals surface area contributed by atoms with Crippen LogP contribution in [0.1, 0.15) is 246 Å². The summed E-state index contributed by atoms with van der Waals surface area (Å²) < 4.78 is 1.47. The molecule has 0 aliphatic rings. The van der Waals surface area contributed by atoms with Gasteiger partial charge in [-0.15, -0.1) is 0 Å². The zero-order valence-corrected chi connectivity index (χ0v) is 33.9. The molecule has 0 amide bonds. The Hall–Kier alpha value is -0.610. The number of nitrogens with zero attached hydrogens (tertiary/aromatic N) is 1. The molecule has 48 heavy (non-hydrogen) atoms. The van der Waals surface area contributed by atoms with E-state index in [-0.39, 0.29) is 6.42 Å². The third-order valence-corrected chi connectivity index (χ3v) is 10.5. The van der Waals surface area contributed by atoms with Gasteiger partial charge in [0.1, 0.15) is 0 Å². The summed E-state index contributed by atoms with van der Waals surface area (Å²) in [5, 5.41) is 9.59. The average Bonchev–Trinajstić information content (AvgIpc) is 3.09. The van der Waals surface area contributed by atoms with Crippen molar-refractivity contribution < 1.29 is 14.4 Å². The predicted octanol–water partition coefficient (Wildman–Crippen LogP) is 12.8. The van der Waals surface area contributed by atoms with Gasteiger partial charge in [0.25, 0.3) is 0 Å². The molecule has 0 aromatic heterocycles. The fraction of sp³-hybridized carbons (Fsp3) is 0.977. The van der Waals surface area contributed by atoms with Gasteiger partial charge in [-0.05, 0) is 64.3 Å². The lowest BCUT2D eigenvalue weighted by Crippen LogP contribution is -2.50. The Labute approximate surface area is 304 Å². The van der Waals surface area contributed by atoms with Gasteiger partial charge in [0, 0.05) is 5.97 Å². The molecule has 0 aromatic carbocycles. The normalized spacial score (nSPS) is 11.5. The standard InChI is InChI=1S/C40H84N.C4H9NO2/c1-5-9-13-16-19-22-25-28-31-34-38-41(37-12-8-4,39-35-32-29-26-23-20-17-14-10-6-2)40-36-33-30-27-24-21-18-15-11-7-3;5-3-1-2-4(6)7/h5-40H2,1-4H3;1-3,5H2,(H,6,7)/q+1;/p-1. The molecule has 0 bridgehead atoms. The van der Waals surface area contributed by atoms with Crippen LogP contribution in [-0.2, 0) is 4.79 Å². The minimum absolute atomic E-state index is 0.0799. The molecular weight excluding hydrogens is 588 g/mol.